The predicted molar refractivity (Wildman–Crippen MR) is 117 cm³/mol. The molecule has 0 unspecified atom stereocenters. The van der Waals surface area contributed by atoms with Crippen LogP contribution in [-0.4, -0.2) is 12.6 Å². The molecule has 0 aromatic heterocycles. The van der Waals surface area contributed by atoms with Crippen molar-refractivity contribution in [3.8, 4) is 0 Å². The summed E-state index contributed by atoms with van der Waals surface area (Å²) in [5.74, 6) is 0.205. The van der Waals surface area contributed by atoms with E-state index in [0.717, 1.165) is 5.57 Å². The first-order chi connectivity index (χ1) is 12.6. The molecule has 0 saturated heterocycles. The van der Waals surface area contributed by atoms with Crippen LogP contribution in [0.2, 0.25) is 0 Å². The lowest BCUT2D eigenvalue weighted by Crippen LogP contribution is -2.19. The van der Waals surface area contributed by atoms with Crippen LogP contribution in [-0.2, 0) is 9.53 Å². The molecule has 0 radical (unpaired) electrons. The molecule has 0 aromatic carbocycles. The van der Waals surface area contributed by atoms with Gasteiger partial charge in [0.05, 0.1) is 0 Å². The van der Waals surface area contributed by atoms with Crippen LogP contribution < -0.4 is 0 Å². The Morgan fingerprint density at radius 3 is 2.52 bits per heavy atom. The fourth-order valence-electron chi connectivity index (χ4n) is 3.36. The van der Waals surface area contributed by atoms with Gasteiger partial charge in [0.15, 0.2) is 0 Å². The fraction of sp³-hybridized carbons (Fsp3) is 0.560. The van der Waals surface area contributed by atoms with Crippen molar-refractivity contribution < 1.29 is 9.53 Å². The SMILES string of the molecule is CC1=C(/C=C/C(C)=C/C=C/C(C)=C/COC(=O)CC(C)C)C(C)(C)CCC1. The fourth-order valence-corrected chi connectivity index (χ4v) is 3.36. The standard InChI is InChI=1S/C25H38O2/c1-19(2)18-24(26)27-17-15-21(4)11-8-10-20(3)13-14-23-22(5)12-9-16-25(23,6)7/h8,10-11,13-15,19H,9,12,16-18H2,1-7H3/b11-8+,14-13+,20-10+,21-15+. The predicted octanol–water partition coefficient (Wildman–Crippen LogP) is 7.11. The Bertz CT molecular complexity index is 652. The number of hydrogen-bond acceptors (Lipinski definition) is 2. The Kier molecular flexibility index (Phi) is 9.55. The molecule has 1 aliphatic rings. The zero-order valence-corrected chi connectivity index (χ0v) is 18.4. The quantitative estimate of drug-likeness (QED) is 0.336. The summed E-state index contributed by atoms with van der Waals surface area (Å²) in [5, 5.41) is 0. The van der Waals surface area contributed by atoms with Crippen molar-refractivity contribution in [1.82, 2.24) is 0 Å². The molecular weight excluding hydrogens is 332 g/mol. The van der Waals surface area contributed by atoms with Crippen molar-refractivity contribution in [2.24, 2.45) is 11.3 Å². The van der Waals surface area contributed by atoms with E-state index in [1.165, 1.54) is 36.0 Å². The maximum atomic E-state index is 11.5. The highest BCUT2D eigenvalue weighted by Gasteiger charge is 2.26. The number of hydrogen-bond donors (Lipinski definition) is 0. The zero-order valence-electron chi connectivity index (χ0n) is 18.4. The van der Waals surface area contributed by atoms with E-state index in [2.05, 4.69) is 52.0 Å². The molecule has 2 nitrogen and oxygen atoms in total. The van der Waals surface area contributed by atoms with E-state index in [4.69, 9.17) is 4.74 Å². The normalized spacial score (nSPS) is 18.8. The molecule has 27 heavy (non-hydrogen) atoms. The maximum absolute atomic E-state index is 11.5. The summed E-state index contributed by atoms with van der Waals surface area (Å²) in [6.07, 6.45) is 16.9. The van der Waals surface area contributed by atoms with Gasteiger partial charge in [-0.2, -0.15) is 0 Å². The smallest absolute Gasteiger partial charge is 0.306 e. The number of ether oxygens (including phenoxy) is 1. The third-order valence-electron chi connectivity index (χ3n) is 5.00. The minimum absolute atomic E-state index is 0.130. The van der Waals surface area contributed by atoms with E-state index in [1.54, 1.807) is 0 Å². The summed E-state index contributed by atoms with van der Waals surface area (Å²) >= 11 is 0. The van der Waals surface area contributed by atoms with Crippen LogP contribution in [0.4, 0.5) is 0 Å². The molecule has 0 atom stereocenters. The second kappa shape index (κ2) is 11.1. The van der Waals surface area contributed by atoms with Gasteiger partial charge in [0.2, 0.25) is 0 Å². The Hall–Kier alpha value is -1.83. The number of allylic oxidation sites excluding steroid dienone is 9. The molecule has 2 heteroatoms. The minimum atomic E-state index is -0.130. The average Bonchev–Trinajstić information content (AvgIpc) is 2.53. The van der Waals surface area contributed by atoms with Crippen LogP contribution in [0.1, 0.15) is 74.1 Å². The van der Waals surface area contributed by atoms with E-state index in [9.17, 15) is 4.79 Å². The van der Waals surface area contributed by atoms with Crippen LogP contribution in [0.3, 0.4) is 0 Å². The van der Waals surface area contributed by atoms with Crippen LogP contribution in [0, 0.1) is 11.3 Å². The molecule has 0 bridgehead atoms. The third kappa shape index (κ3) is 9.08. The average molecular weight is 371 g/mol. The zero-order chi connectivity index (χ0) is 20.4. The van der Waals surface area contributed by atoms with Crippen LogP contribution in [0.15, 0.2) is 58.7 Å². The minimum Gasteiger partial charge on any atom is -0.461 e. The van der Waals surface area contributed by atoms with Gasteiger partial charge < -0.3 is 4.74 Å². The molecule has 0 aliphatic heterocycles. The highest BCUT2D eigenvalue weighted by Crippen LogP contribution is 2.40. The molecule has 0 heterocycles. The summed E-state index contributed by atoms with van der Waals surface area (Å²) in [5.41, 5.74) is 5.61. The Morgan fingerprint density at radius 2 is 1.89 bits per heavy atom. The van der Waals surface area contributed by atoms with Gasteiger partial charge in [-0.25, -0.2) is 0 Å². The summed E-state index contributed by atoms with van der Waals surface area (Å²) in [6, 6.07) is 0. The molecule has 150 valence electrons. The van der Waals surface area contributed by atoms with Crippen LogP contribution in [0.5, 0.6) is 0 Å². The summed E-state index contributed by atoms with van der Waals surface area (Å²) in [7, 11) is 0. The van der Waals surface area contributed by atoms with E-state index < -0.39 is 0 Å². The van der Waals surface area contributed by atoms with E-state index in [1.807, 2.05) is 32.9 Å². The van der Waals surface area contributed by atoms with Gasteiger partial charge in [-0.3, -0.25) is 4.79 Å². The van der Waals surface area contributed by atoms with Crippen molar-refractivity contribution in [2.75, 3.05) is 6.61 Å². The highest BCUT2D eigenvalue weighted by atomic mass is 16.5. The van der Waals surface area contributed by atoms with Gasteiger partial charge in [0, 0.05) is 6.42 Å². The van der Waals surface area contributed by atoms with Crippen molar-refractivity contribution in [1.29, 1.82) is 0 Å². The monoisotopic (exact) mass is 370 g/mol. The Balaban J connectivity index is 2.57. The highest BCUT2D eigenvalue weighted by molar-refractivity contribution is 5.69. The Morgan fingerprint density at radius 1 is 1.19 bits per heavy atom. The van der Waals surface area contributed by atoms with Crippen molar-refractivity contribution >= 4 is 5.97 Å². The number of rotatable bonds is 8. The first kappa shape index (κ1) is 23.2. The Labute approximate surface area is 166 Å². The second-order valence-electron chi connectivity index (χ2n) is 8.76. The van der Waals surface area contributed by atoms with Gasteiger partial charge in [0.25, 0.3) is 0 Å². The molecule has 0 aromatic rings. The van der Waals surface area contributed by atoms with E-state index in [-0.39, 0.29) is 11.4 Å². The van der Waals surface area contributed by atoms with Crippen LogP contribution >= 0.6 is 0 Å². The first-order valence-corrected chi connectivity index (χ1v) is 10.2. The number of carbonyl (C=O) groups is 1. The van der Waals surface area contributed by atoms with E-state index in [0.29, 0.717) is 18.9 Å². The van der Waals surface area contributed by atoms with Crippen molar-refractivity contribution in [3.63, 3.8) is 0 Å². The lowest BCUT2D eigenvalue weighted by molar-refractivity contribution is -0.143. The molecule has 1 rings (SSSR count). The summed E-state index contributed by atoms with van der Waals surface area (Å²) in [6.45, 7) is 15.5. The second-order valence-corrected chi connectivity index (χ2v) is 8.76. The van der Waals surface area contributed by atoms with Gasteiger partial charge in [-0.1, -0.05) is 74.8 Å². The van der Waals surface area contributed by atoms with Gasteiger partial charge in [0.1, 0.15) is 6.61 Å². The van der Waals surface area contributed by atoms with Crippen LogP contribution in [0.25, 0.3) is 0 Å². The van der Waals surface area contributed by atoms with Gasteiger partial charge in [-0.15, -0.1) is 0 Å². The maximum Gasteiger partial charge on any atom is 0.306 e. The van der Waals surface area contributed by atoms with Crippen molar-refractivity contribution in [2.45, 2.75) is 74.1 Å². The van der Waals surface area contributed by atoms with Gasteiger partial charge in [-0.05, 0) is 63.0 Å². The third-order valence-corrected chi connectivity index (χ3v) is 5.00. The largest absolute Gasteiger partial charge is 0.461 e. The molecule has 0 fully saturated rings. The summed E-state index contributed by atoms with van der Waals surface area (Å²) in [4.78, 5) is 11.5. The number of carbonyl (C=O) groups excluding carboxylic acids is 1. The topological polar surface area (TPSA) is 26.3 Å². The lowest BCUT2D eigenvalue weighted by Gasteiger charge is -2.32. The molecular formula is C25H38O2. The molecule has 0 spiro atoms. The number of esters is 1. The van der Waals surface area contributed by atoms with E-state index >= 15 is 0 Å². The molecule has 0 N–H and O–H groups in total. The van der Waals surface area contributed by atoms with Gasteiger partial charge >= 0.3 is 5.97 Å². The summed E-state index contributed by atoms with van der Waals surface area (Å²) < 4.78 is 5.21. The molecule has 1 aliphatic carbocycles. The molecule has 0 amide bonds. The first-order valence-electron chi connectivity index (χ1n) is 10.2. The lowest BCUT2D eigenvalue weighted by atomic mass is 9.72. The molecule has 0 saturated carbocycles. The van der Waals surface area contributed by atoms with Crippen molar-refractivity contribution in [3.05, 3.63) is 58.7 Å².